The summed E-state index contributed by atoms with van der Waals surface area (Å²) in [5, 5.41) is 8.67. The molecule has 0 saturated heterocycles. The van der Waals surface area contributed by atoms with E-state index in [1.807, 2.05) is 30.3 Å². The summed E-state index contributed by atoms with van der Waals surface area (Å²) in [6.45, 7) is 2.77. The fraction of sp³-hybridized carbons (Fsp3) is 0.200. The summed E-state index contributed by atoms with van der Waals surface area (Å²) in [5.74, 6) is 1.96. The zero-order valence-corrected chi connectivity index (χ0v) is 10.7. The van der Waals surface area contributed by atoms with Gasteiger partial charge in [0.1, 0.15) is 17.6 Å². The molecule has 0 unspecified atom stereocenters. The van der Waals surface area contributed by atoms with Crippen molar-refractivity contribution in [2.24, 2.45) is 0 Å². The quantitative estimate of drug-likeness (QED) is 0.819. The second-order valence-electron chi connectivity index (χ2n) is 3.92. The molecule has 0 aliphatic heterocycles. The third-order valence-corrected chi connectivity index (χ3v) is 2.38. The van der Waals surface area contributed by atoms with Crippen LogP contribution >= 0.6 is 0 Å². The van der Waals surface area contributed by atoms with Crippen LogP contribution in [0.4, 0.5) is 0 Å². The lowest BCUT2D eigenvalue weighted by Crippen LogP contribution is -1.94. The van der Waals surface area contributed by atoms with Crippen LogP contribution in [0.3, 0.4) is 0 Å². The number of aromatic nitrogens is 1. The summed E-state index contributed by atoms with van der Waals surface area (Å²) >= 11 is 0. The van der Waals surface area contributed by atoms with Gasteiger partial charge in [0.05, 0.1) is 12.2 Å². The first-order chi connectivity index (χ1) is 9.31. The molecule has 0 aliphatic rings. The normalized spacial score (nSPS) is 9.68. The van der Waals surface area contributed by atoms with Gasteiger partial charge in [0.2, 0.25) is 5.88 Å². The lowest BCUT2D eigenvalue weighted by atomic mass is 10.3. The highest BCUT2D eigenvalue weighted by Gasteiger charge is 2.00. The Balaban J connectivity index is 2.00. The molecule has 0 radical (unpaired) electrons. The van der Waals surface area contributed by atoms with Crippen LogP contribution in [0.5, 0.6) is 17.4 Å². The third-order valence-electron chi connectivity index (χ3n) is 2.38. The van der Waals surface area contributed by atoms with Crippen LogP contribution in [0.15, 0.2) is 42.6 Å². The van der Waals surface area contributed by atoms with Gasteiger partial charge >= 0.3 is 0 Å². The van der Waals surface area contributed by atoms with Crippen molar-refractivity contribution in [1.29, 1.82) is 5.26 Å². The van der Waals surface area contributed by atoms with Crippen molar-refractivity contribution < 1.29 is 9.47 Å². The van der Waals surface area contributed by atoms with Crippen molar-refractivity contribution in [3.63, 3.8) is 0 Å². The van der Waals surface area contributed by atoms with Crippen LogP contribution < -0.4 is 9.47 Å². The van der Waals surface area contributed by atoms with Crippen molar-refractivity contribution in [3.8, 4) is 23.4 Å². The highest BCUT2D eigenvalue weighted by atomic mass is 16.5. The van der Waals surface area contributed by atoms with Crippen molar-refractivity contribution in [3.05, 3.63) is 48.2 Å². The fourth-order valence-electron chi connectivity index (χ4n) is 1.45. The van der Waals surface area contributed by atoms with Gasteiger partial charge in [0, 0.05) is 12.3 Å². The van der Waals surface area contributed by atoms with E-state index in [-0.39, 0.29) is 0 Å². The molecule has 19 heavy (non-hydrogen) atoms. The van der Waals surface area contributed by atoms with Crippen molar-refractivity contribution in [1.82, 2.24) is 4.98 Å². The molecule has 1 aromatic carbocycles. The first kappa shape index (κ1) is 12.9. The van der Waals surface area contributed by atoms with Gasteiger partial charge < -0.3 is 9.47 Å². The summed E-state index contributed by atoms with van der Waals surface area (Å²) in [7, 11) is 0. The fourth-order valence-corrected chi connectivity index (χ4v) is 1.45. The van der Waals surface area contributed by atoms with Crippen LogP contribution in [-0.2, 0) is 0 Å². The van der Waals surface area contributed by atoms with Crippen molar-refractivity contribution in [2.45, 2.75) is 13.3 Å². The van der Waals surface area contributed by atoms with E-state index in [1.165, 1.54) is 6.20 Å². The van der Waals surface area contributed by atoms with Crippen LogP contribution in [0, 0.1) is 11.3 Å². The molecule has 0 N–H and O–H groups in total. The van der Waals surface area contributed by atoms with Gasteiger partial charge in [-0.2, -0.15) is 5.26 Å². The molecule has 0 saturated carbocycles. The number of benzene rings is 1. The van der Waals surface area contributed by atoms with Gasteiger partial charge in [0.25, 0.3) is 0 Å². The van der Waals surface area contributed by atoms with Gasteiger partial charge in [-0.3, -0.25) is 0 Å². The molecule has 4 nitrogen and oxygen atoms in total. The minimum Gasteiger partial charge on any atom is -0.494 e. The van der Waals surface area contributed by atoms with E-state index in [0.717, 1.165) is 12.2 Å². The second kappa shape index (κ2) is 6.41. The minimum absolute atomic E-state index is 0.459. The predicted octanol–water partition coefficient (Wildman–Crippen LogP) is 3.53. The zero-order valence-electron chi connectivity index (χ0n) is 10.7. The molecule has 0 bridgehead atoms. The smallest absolute Gasteiger partial charge is 0.219 e. The molecule has 2 aromatic rings. The summed E-state index contributed by atoms with van der Waals surface area (Å²) in [6.07, 6.45) is 2.46. The molecular weight excluding hydrogens is 240 g/mol. The first-order valence-electron chi connectivity index (χ1n) is 6.08. The lowest BCUT2D eigenvalue weighted by molar-refractivity contribution is 0.317. The number of pyridine rings is 1. The Bertz CT molecular complexity index is 556. The molecular formula is C15H14N2O2. The second-order valence-corrected chi connectivity index (χ2v) is 3.92. The number of ether oxygens (including phenoxy) is 2. The number of hydrogen-bond donors (Lipinski definition) is 0. The molecule has 2 rings (SSSR count). The molecule has 1 heterocycles. The van der Waals surface area contributed by atoms with Crippen molar-refractivity contribution in [2.75, 3.05) is 6.61 Å². The van der Waals surface area contributed by atoms with E-state index in [1.54, 1.807) is 12.1 Å². The topological polar surface area (TPSA) is 55.1 Å². The summed E-state index contributed by atoms with van der Waals surface area (Å²) in [6, 6.07) is 12.7. The van der Waals surface area contributed by atoms with Gasteiger partial charge in [-0.15, -0.1) is 0 Å². The Kier molecular flexibility index (Phi) is 4.35. The molecule has 1 aromatic heterocycles. The van der Waals surface area contributed by atoms with Crippen molar-refractivity contribution >= 4 is 0 Å². The average Bonchev–Trinajstić information content (AvgIpc) is 2.47. The highest BCUT2D eigenvalue weighted by Crippen LogP contribution is 2.22. The van der Waals surface area contributed by atoms with E-state index >= 15 is 0 Å². The standard InChI is InChI=1S/C15H14N2O2/c1-2-9-18-13-4-6-14(7-5-13)19-15-8-3-12(10-16)11-17-15/h3-8,11H,2,9H2,1H3. The summed E-state index contributed by atoms with van der Waals surface area (Å²) < 4.78 is 11.0. The van der Waals surface area contributed by atoms with E-state index in [9.17, 15) is 0 Å². The largest absolute Gasteiger partial charge is 0.494 e. The van der Waals surface area contributed by atoms with Gasteiger partial charge in [-0.05, 0) is 36.8 Å². The van der Waals surface area contributed by atoms with E-state index < -0.39 is 0 Å². The van der Waals surface area contributed by atoms with Crippen LogP contribution in [-0.4, -0.2) is 11.6 Å². The summed E-state index contributed by atoms with van der Waals surface area (Å²) in [5.41, 5.74) is 0.510. The Hall–Kier alpha value is -2.54. The maximum Gasteiger partial charge on any atom is 0.219 e. The van der Waals surface area contributed by atoms with Crippen LogP contribution in [0.1, 0.15) is 18.9 Å². The van der Waals surface area contributed by atoms with Gasteiger partial charge in [-0.1, -0.05) is 6.92 Å². The molecule has 0 amide bonds. The summed E-state index contributed by atoms with van der Waals surface area (Å²) in [4.78, 5) is 4.04. The maximum absolute atomic E-state index is 8.67. The van der Waals surface area contributed by atoms with Gasteiger partial charge in [0.15, 0.2) is 0 Å². The van der Waals surface area contributed by atoms with E-state index in [0.29, 0.717) is 23.8 Å². The molecule has 4 heteroatoms. The number of rotatable bonds is 5. The Morgan fingerprint density at radius 2 is 1.84 bits per heavy atom. The monoisotopic (exact) mass is 254 g/mol. The van der Waals surface area contributed by atoms with Crippen LogP contribution in [0.25, 0.3) is 0 Å². The van der Waals surface area contributed by atoms with E-state index in [2.05, 4.69) is 11.9 Å². The van der Waals surface area contributed by atoms with E-state index in [4.69, 9.17) is 14.7 Å². The molecule has 96 valence electrons. The SMILES string of the molecule is CCCOc1ccc(Oc2ccc(C#N)cn2)cc1. The molecule has 0 atom stereocenters. The molecule has 0 fully saturated rings. The minimum atomic E-state index is 0.459. The van der Waals surface area contributed by atoms with Gasteiger partial charge in [-0.25, -0.2) is 4.98 Å². The predicted molar refractivity (Wildman–Crippen MR) is 71.3 cm³/mol. The third kappa shape index (κ3) is 3.71. The van der Waals surface area contributed by atoms with Crippen LogP contribution in [0.2, 0.25) is 0 Å². The first-order valence-corrected chi connectivity index (χ1v) is 6.08. The highest BCUT2D eigenvalue weighted by molar-refractivity contribution is 5.35. The Morgan fingerprint density at radius 1 is 1.11 bits per heavy atom. The lowest BCUT2D eigenvalue weighted by Gasteiger charge is -2.07. The average molecular weight is 254 g/mol. The zero-order chi connectivity index (χ0) is 13.5. The maximum atomic E-state index is 8.67. The molecule has 0 aliphatic carbocycles. The Morgan fingerprint density at radius 3 is 2.42 bits per heavy atom. The molecule has 0 spiro atoms. The number of nitriles is 1. The number of hydrogen-bond acceptors (Lipinski definition) is 4. The number of nitrogens with zero attached hydrogens (tertiary/aromatic N) is 2. The Labute approximate surface area is 112 Å².